The van der Waals surface area contributed by atoms with Gasteiger partial charge in [-0.25, -0.2) is 9.97 Å². The van der Waals surface area contributed by atoms with Gasteiger partial charge in [-0.2, -0.15) is 0 Å². The Kier molecular flexibility index (Phi) is 4.96. The second-order valence-corrected chi connectivity index (χ2v) is 5.29. The largest absolute Gasteiger partial charge is 0.388 e. The first-order chi connectivity index (χ1) is 9.14. The van der Waals surface area contributed by atoms with Crippen molar-refractivity contribution in [3.05, 3.63) is 17.0 Å². The summed E-state index contributed by atoms with van der Waals surface area (Å²) in [6.45, 7) is 3.74. The summed E-state index contributed by atoms with van der Waals surface area (Å²) in [5.74, 6) is 0.724. The number of halogens is 1. The van der Waals surface area contributed by atoms with Crippen LogP contribution in [0.4, 0.5) is 5.82 Å². The van der Waals surface area contributed by atoms with E-state index in [2.05, 4.69) is 22.2 Å². The standard InChI is InChI=1S/C13H20ClN3O2/c1-2-3-10-11(14)16-9-17-12(10)15-8-13(18)4-6-19-7-5-13/h9,18H,2-8H2,1H3,(H,15,16,17). The summed E-state index contributed by atoms with van der Waals surface area (Å²) in [6.07, 6.45) is 4.52. The lowest BCUT2D eigenvalue weighted by atomic mass is 9.94. The van der Waals surface area contributed by atoms with E-state index in [1.54, 1.807) is 0 Å². The van der Waals surface area contributed by atoms with Crippen molar-refractivity contribution in [2.24, 2.45) is 0 Å². The van der Waals surface area contributed by atoms with Gasteiger partial charge in [0, 0.05) is 38.2 Å². The Morgan fingerprint density at radius 1 is 1.42 bits per heavy atom. The Hall–Kier alpha value is -0.910. The highest BCUT2D eigenvalue weighted by Gasteiger charge is 2.29. The summed E-state index contributed by atoms with van der Waals surface area (Å²) < 4.78 is 5.26. The number of ether oxygens (including phenoxy) is 1. The molecule has 0 amide bonds. The van der Waals surface area contributed by atoms with Crippen molar-refractivity contribution in [3.8, 4) is 0 Å². The lowest BCUT2D eigenvalue weighted by Gasteiger charge is -2.32. The van der Waals surface area contributed by atoms with Crippen molar-refractivity contribution in [2.75, 3.05) is 25.1 Å². The van der Waals surface area contributed by atoms with Crippen LogP contribution < -0.4 is 5.32 Å². The second kappa shape index (κ2) is 6.50. The van der Waals surface area contributed by atoms with Gasteiger partial charge in [-0.05, 0) is 6.42 Å². The van der Waals surface area contributed by atoms with E-state index in [1.165, 1.54) is 6.33 Å². The van der Waals surface area contributed by atoms with E-state index in [1.807, 2.05) is 0 Å². The van der Waals surface area contributed by atoms with E-state index >= 15 is 0 Å². The van der Waals surface area contributed by atoms with Gasteiger partial charge in [0.25, 0.3) is 0 Å². The highest BCUT2D eigenvalue weighted by atomic mass is 35.5. The number of hydrogen-bond acceptors (Lipinski definition) is 5. The summed E-state index contributed by atoms with van der Waals surface area (Å²) in [7, 11) is 0. The summed E-state index contributed by atoms with van der Waals surface area (Å²) in [5.41, 5.74) is 0.196. The van der Waals surface area contributed by atoms with E-state index in [-0.39, 0.29) is 0 Å². The molecule has 0 spiro atoms. The van der Waals surface area contributed by atoms with E-state index in [9.17, 15) is 5.11 Å². The number of rotatable bonds is 5. The molecule has 2 rings (SSSR count). The zero-order chi connectivity index (χ0) is 13.7. The lowest BCUT2D eigenvalue weighted by Crippen LogP contribution is -2.42. The van der Waals surface area contributed by atoms with Crippen LogP contribution in [0.15, 0.2) is 6.33 Å². The van der Waals surface area contributed by atoms with E-state index in [0.29, 0.717) is 37.8 Å². The molecule has 1 aromatic heterocycles. The first-order valence-electron chi connectivity index (χ1n) is 6.68. The fraction of sp³-hybridized carbons (Fsp3) is 0.692. The maximum absolute atomic E-state index is 10.4. The minimum absolute atomic E-state index is 0.459. The van der Waals surface area contributed by atoms with Crippen LogP contribution >= 0.6 is 11.6 Å². The van der Waals surface area contributed by atoms with Gasteiger partial charge >= 0.3 is 0 Å². The van der Waals surface area contributed by atoms with Gasteiger partial charge in [0.2, 0.25) is 0 Å². The molecule has 0 atom stereocenters. The number of aliphatic hydroxyl groups is 1. The van der Waals surface area contributed by atoms with Crippen LogP contribution in [0.1, 0.15) is 31.7 Å². The molecule has 2 heterocycles. The van der Waals surface area contributed by atoms with Crippen LogP contribution in [0.2, 0.25) is 5.15 Å². The van der Waals surface area contributed by atoms with E-state index in [4.69, 9.17) is 16.3 Å². The molecular weight excluding hydrogens is 266 g/mol. The van der Waals surface area contributed by atoms with Gasteiger partial charge in [0.05, 0.1) is 5.60 Å². The molecule has 1 aliphatic heterocycles. The van der Waals surface area contributed by atoms with Crippen LogP contribution in [0.25, 0.3) is 0 Å². The molecule has 0 radical (unpaired) electrons. The molecule has 0 saturated carbocycles. The van der Waals surface area contributed by atoms with Gasteiger partial charge in [0.1, 0.15) is 17.3 Å². The van der Waals surface area contributed by atoms with Crippen molar-refractivity contribution < 1.29 is 9.84 Å². The SMILES string of the molecule is CCCc1c(Cl)ncnc1NCC1(O)CCOCC1. The predicted molar refractivity (Wildman–Crippen MR) is 74.5 cm³/mol. The Morgan fingerprint density at radius 3 is 2.84 bits per heavy atom. The van der Waals surface area contributed by atoms with Gasteiger partial charge in [-0.15, -0.1) is 0 Å². The predicted octanol–water partition coefficient (Wildman–Crippen LogP) is 2.04. The minimum atomic E-state index is -0.723. The number of aromatic nitrogens is 2. The third-order valence-electron chi connectivity index (χ3n) is 3.40. The number of hydrogen-bond donors (Lipinski definition) is 2. The van der Waals surface area contributed by atoms with Crippen LogP contribution in [0, 0.1) is 0 Å². The number of nitrogens with one attached hydrogen (secondary N) is 1. The van der Waals surface area contributed by atoms with Gasteiger partial charge < -0.3 is 15.2 Å². The third kappa shape index (κ3) is 3.78. The zero-order valence-electron chi connectivity index (χ0n) is 11.2. The highest BCUT2D eigenvalue weighted by molar-refractivity contribution is 6.30. The van der Waals surface area contributed by atoms with Crippen LogP contribution in [-0.2, 0) is 11.2 Å². The normalized spacial score (nSPS) is 18.3. The quantitative estimate of drug-likeness (QED) is 0.811. The van der Waals surface area contributed by atoms with Crippen LogP contribution in [0.5, 0.6) is 0 Å². The van der Waals surface area contributed by atoms with Crippen LogP contribution in [0.3, 0.4) is 0 Å². The molecular formula is C13H20ClN3O2. The molecule has 0 bridgehead atoms. The van der Waals surface area contributed by atoms with E-state index in [0.717, 1.165) is 24.2 Å². The maximum Gasteiger partial charge on any atom is 0.137 e. The molecule has 1 aromatic rings. The second-order valence-electron chi connectivity index (χ2n) is 4.93. The fourth-order valence-electron chi connectivity index (χ4n) is 2.19. The van der Waals surface area contributed by atoms with Crippen molar-refractivity contribution in [1.29, 1.82) is 0 Å². The molecule has 1 fully saturated rings. The average Bonchev–Trinajstić information content (AvgIpc) is 2.41. The Bertz CT molecular complexity index is 422. The highest BCUT2D eigenvalue weighted by Crippen LogP contribution is 2.24. The Balaban J connectivity index is 2.04. The molecule has 0 aromatic carbocycles. The van der Waals surface area contributed by atoms with Crippen molar-refractivity contribution >= 4 is 17.4 Å². The smallest absolute Gasteiger partial charge is 0.137 e. The molecule has 106 valence electrons. The van der Waals surface area contributed by atoms with Gasteiger partial charge in [0.15, 0.2) is 0 Å². The molecule has 0 aliphatic carbocycles. The summed E-state index contributed by atoms with van der Waals surface area (Å²) in [5, 5.41) is 14.1. The van der Waals surface area contributed by atoms with Crippen LogP contribution in [-0.4, -0.2) is 40.4 Å². The monoisotopic (exact) mass is 285 g/mol. The van der Waals surface area contributed by atoms with Gasteiger partial charge in [-0.1, -0.05) is 24.9 Å². The molecule has 2 N–H and O–H groups in total. The minimum Gasteiger partial charge on any atom is -0.388 e. The summed E-state index contributed by atoms with van der Waals surface area (Å²) in [4.78, 5) is 8.23. The first-order valence-corrected chi connectivity index (χ1v) is 7.06. The molecule has 6 heteroatoms. The number of anilines is 1. The average molecular weight is 286 g/mol. The summed E-state index contributed by atoms with van der Waals surface area (Å²) in [6, 6.07) is 0. The maximum atomic E-state index is 10.4. The molecule has 5 nitrogen and oxygen atoms in total. The third-order valence-corrected chi connectivity index (χ3v) is 3.73. The lowest BCUT2D eigenvalue weighted by molar-refractivity contribution is -0.0543. The van der Waals surface area contributed by atoms with Crippen molar-refractivity contribution in [1.82, 2.24) is 9.97 Å². The van der Waals surface area contributed by atoms with E-state index < -0.39 is 5.60 Å². The molecule has 1 saturated heterocycles. The van der Waals surface area contributed by atoms with Gasteiger partial charge in [-0.3, -0.25) is 0 Å². The zero-order valence-corrected chi connectivity index (χ0v) is 11.9. The number of nitrogens with zero attached hydrogens (tertiary/aromatic N) is 2. The molecule has 19 heavy (non-hydrogen) atoms. The first kappa shape index (κ1) is 14.5. The molecule has 1 aliphatic rings. The molecule has 0 unspecified atom stereocenters. The summed E-state index contributed by atoms with van der Waals surface area (Å²) >= 11 is 6.09. The Labute approximate surface area is 118 Å². The van der Waals surface area contributed by atoms with Crippen molar-refractivity contribution in [3.63, 3.8) is 0 Å². The topological polar surface area (TPSA) is 67.3 Å². The Morgan fingerprint density at radius 2 is 2.16 bits per heavy atom. The van der Waals surface area contributed by atoms with Crippen molar-refractivity contribution in [2.45, 2.75) is 38.2 Å². The fourth-order valence-corrected chi connectivity index (χ4v) is 2.42.